The van der Waals surface area contributed by atoms with Gasteiger partial charge in [-0.15, -0.1) is 0 Å². The van der Waals surface area contributed by atoms with E-state index in [2.05, 4.69) is 110 Å². The average molecular weight is 369 g/mol. The normalized spacial score (nSPS) is 20.6. The van der Waals surface area contributed by atoms with Gasteiger partial charge in [0.05, 0.1) is 0 Å². The van der Waals surface area contributed by atoms with Crippen molar-refractivity contribution in [1.29, 1.82) is 0 Å². The van der Waals surface area contributed by atoms with Crippen LogP contribution in [0, 0.1) is 25.2 Å². The van der Waals surface area contributed by atoms with E-state index < -0.39 is 0 Å². The quantitative estimate of drug-likeness (QED) is 0.574. The molecular formula is C25H40N2. The van der Waals surface area contributed by atoms with Gasteiger partial charge in [-0.25, -0.2) is 0 Å². The number of nitrogens with one attached hydrogen (secondary N) is 2. The van der Waals surface area contributed by atoms with Crippen molar-refractivity contribution in [3.8, 4) is 0 Å². The first kappa shape index (κ1) is 21.8. The van der Waals surface area contributed by atoms with E-state index in [1.165, 1.54) is 28.0 Å². The molecule has 0 aromatic heterocycles. The Morgan fingerprint density at radius 3 is 1.85 bits per heavy atom. The zero-order chi connectivity index (χ0) is 20.6. The van der Waals surface area contributed by atoms with E-state index in [4.69, 9.17) is 0 Å². The van der Waals surface area contributed by atoms with Crippen molar-refractivity contribution in [3.63, 3.8) is 0 Å². The number of rotatable bonds is 4. The molecule has 150 valence electrons. The summed E-state index contributed by atoms with van der Waals surface area (Å²) in [4.78, 5) is 0. The summed E-state index contributed by atoms with van der Waals surface area (Å²) in [5.74, 6) is 0.363. The largest absolute Gasteiger partial charge is 0.366 e. The minimum atomic E-state index is -0.276. The van der Waals surface area contributed by atoms with Gasteiger partial charge in [-0.05, 0) is 83.6 Å². The van der Waals surface area contributed by atoms with E-state index >= 15 is 0 Å². The van der Waals surface area contributed by atoms with E-state index in [9.17, 15) is 0 Å². The lowest BCUT2D eigenvalue weighted by atomic mass is 9.67. The first-order chi connectivity index (χ1) is 12.2. The van der Waals surface area contributed by atoms with Crippen LogP contribution in [0.3, 0.4) is 0 Å². The maximum Gasteiger partial charge on any atom is 0.100 e. The minimum absolute atomic E-state index is 0.00298. The molecule has 0 amide bonds. The van der Waals surface area contributed by atoms with Crippen LogP contribution in [0.5, 0.6) is 0 Å². The fourth-order valence-electron chi connectivity index (χ4n) is 4.51. The van der Waals surface area contributed by atoms with Crippen LogP contribution >= 0.6 is 0 Å². The highest BCUT2D eigenvalue weighted by atomic mass is 15.2. The molecule has 2 N–H and O–H groups in total. The number of anilines is 1. The fourth-order valence-corrected chi connectivity index (χ4v) is 4.51. The second kappa shape index (κ2) is 7.47. The summed E-state index contributed by atoms with van der Waals surface area (Å²) in [7, 11) is 0. The van der Waals surface area contributed by atoms with Crippen LogP contribution in [-0.2, 0) is 0 Å². The molecule has 2 heteroatoms. The molecule has 1 aromatic rings. The SMILES string of the molecule is CC1=C[C@@H](C(Nc2cc(C)cc(C)c2)(NC(C)(C)C)C(C)(C)C)CC(C)=C1. The molecule has 0 saturated heterocycles. The Hall–Kier alpha value is -1.54. The Morgan fingerprint density at radius 2 is 1.41 bits per heavy atom. The van der Waals surface area contributed by atoms with Crippen molar-refractivity contribution in [1.82, 2.24) is 5.32 Å². The molecule has 1 aliphatic carbocycles. The molecule has 0 heterocycles. The summed E-state index contributed by atoms with van der Waals surface area (Å²) >= 11 is 0. The molecule has 2 nitrogen and oxygen atoms in total. The molecular weight excluding hydrogens is 328 g/mol. The lowest BCUT2D eigenvalue weighted by molar-refractivity contribution is 0.0843. The third-order valence-electron chi connectivity index (χ3n) is 5.35. The van der Waals surface area contributed by atoms with Crippen molar-refractivity contribution < 1.29 is 0 Å². The fraction of sp³-hybridized carbons (Fsp3) is 0.600. The average Bonchev–Trinajstić information content (AvgIpc) is 2.41. The number of allylic oxidation sites excluding steroid dienone is 3. The number of benzene rings is 1. The monoisotopic (exact) mass is 368 g/mol. The van der Waals surface area contributed by atoms with Crippen LogP contribution in [0.25, 0.3) is 0 Å². The molecule has 1 aliphatic rings. The van der Waals surface area contributed by atoms with Crippen molar-refractivity contribution in [3.05, 3.63) is 52.6 Å². The predicted molar refractivity (Wildman–Crippen MR) is 120 cm³/mol. The number of hydrogen-bond donors (Lipinski definition) is 2. The van der Waals surface area contributed by atoms with Gasteiger partial charge in [0.2, 0.25) is 0 Å². The van der Waals surface area contributed by atoms with E-state index in [0.29, 0.717) is 5.92 Å². The molecule has 0 saturated carbocycles. The second-order valence-electron chi connectivity index (χ2n) is 10.6. The standard InChI is InChI=1S/C25H40N2/c1-17-11-18(2)14-21(13-17)25(23(5,6)7,27-24(8,9)10)26-22-15-19(3)12-20(4)16-22/h11-13,15-16,21,26-27H,14H2,1-10H3/t21-,25?/m1/s1. The van der Waals surface area contributed by atoms with Gasteiger partial charge in [0, 0.05) is 17.1 Å². The lowest BCUT2D eigenvalue weighted by Crippen LogP contribution is -2.69. The molecule has 0 fully saturated rings. The molecule has 1 aromatic carbocycles. The van der Waals surface area contributed by atoms with Crippen LogP contribution in [0.4, 0.5) is 5.69 Å². The minimum Gasteiger partial charge on any atom is -0.366 e. The van der Waals surface area contributed by atoms with Crippen molar-refractivity contribution in [2.24, 2.45) is 11.3 Å². The molecule has 0 bridgehead atoms. The Morgan fingerprint density at radius 1 is 0.852 bits per heavy atom. The van der Waals surface area contributed by atoms with Crippen LogP contribution in [-0.4, -0.2) is 11.2 Å². The highest BCUT2D eigenvalue weighted by Crippen LogP contribution is 2.44. The summed E-state index contributed by atoms with van der Waals surface area (Å²) < 4.78 is 0. The first-order valence-corrected chi connectivity index (χ1v) is 10.2. The molecule has 2 atom stereocenters. The zero-order valence-corrected chi connectivity index (χ0v) is 19.2. The van der Waals surface area contributed by atoms with E-state index in [0.717, 1.165) is 6.42 Å². The molecule has 0 radical (unpaired) electrons. The molecule has 0 spiro atoms. The van der Waals surface area contributed by atoms with Crippen molar-refractivity contribution in [2.75, 3.05) is 5.32 Å². The van der Waals surface area contributed by atoms with E-state index in [1.807, 2.05) is 0 Å². The number of aryl methyl sites for hydroxylation is 2. The van der Waals surface area contributed by atoms with Gasteiger partial charge in [0.1, 0.15) is 5.66 Å². The van der Waals surface area contributed by atoms with E-state index in [1.54, 1.807) is 0 Å². The smallest absolute Gasteiger partial charge is 0.100 e. The molecule has 0 aliphatic heterocycles. The van der Waals surface area contributed by atoms with Gasteiger partial charge in [0.25, 0.3) is 0 Å². The zero-order valence-electron chi connectivity index (χ0n) is 19.2. The topological polar surface area (TPSA) is 24.1 Å². The van der Waals surface area contributed by atoms with Crippen LogP contribution < -0.4 is 10.6 Å². The van der Waals surface area contributed by atoms with Crippen LogP contribution in [0.1, 0.15) is 72.9 Å². The van der Waals surface area contributed by atoms with Gasteiger partial charge in [0.15, 0.2) is 0 Å². The van der Waals surface area contributed by atoms with E-state index in [-0.39, 0.29) is 16.6 Å². The highest BCUT2D eigenvalue weighted by Gasteiger charge is 2.49. The summed E-state index contributed by atoms with van der Waals surface area (Å²) in [6.07, 6.45) is 5.83. The van der Waals surface area contributed by atoms with Gasteiger partial charge < -0.3 is 5.32 Å². The summed E-state index contributed by atoms with van der Waals surface area (Å²) in [5.41, 5.74) is 6.29. The van der Waals surface area contributed by atoms with Crippen molar-refractivity contribution >= 4 is 5.69 Å². The summed E-state index contributed by atoms with van der Waals surface area (Å²) in [6.45, 7) is 22.6. The summed E-state index contributed by atoms with van der Waals surface area (Å²) in [6, 6.07) is 6.76. The van der Waals surface area contributed by atoms with Gasteiger partial charge in [-0.1, -0.05) is 50.1 Å². The third-order valence-corrected chi connectivity index (χ3v) is 5.35. The maximum absolute atomic E-state index is 4.03. The van der Waals surface area contributed by atoms with Gasteiger partial charge >= 0.3 is 0 Å². The number of hydrogen-bond acceptors (Lipinski definition) is 2. The second-order valence-corrected chi connectivity index (χ2v) is 10.6. The predicted octanol–water partition coefficient (Wildman–Crippen LogP) is 6.76. The molecule has 2 rings (SSSR count). The maximum atomic E-state index is 4.03. The Balaban J connectivity index is 2.63. The molecule has 1 unspecified atom stereocenters. The molecule has 27 heavy (non-hydrogen) atoms. The summed E-state index contributed by atoms with van der Waals surface area (Å²) in [5, 5.41) is 8.02. The van der Waals surface area contributed by atoms with Gasteiger partial charge in [-0.2, -0.15) is 0 Å². The Labute approximate surface area is 167 Å². The van der Waals surface area contributed by atoms with Crippen molar-refractivity contribution in [2.45, 2.75) is 86.9 Å². The van der Waals surface area contributed by atoms with Crippen LogP contribution in [0.15, 0.2) is 41.5 Å². The highest BCUT2D eigenvalue weighted by molar-refractivity contribution is 5.52. The first-order valence-electron chi connectivity index (χ1n) is 10.2. The Bertz CT molecular complexity index is 720. The lowest BCUT2D eigenvalue weighted by Gasteiger charge is -2.54. The Kier molecular flexibility index (Phi) is 6.02. The van der Waals surface area contributed by atoms with Crippen LogP contribution in [0.2, 0.25) is 0 Å². The third kappa shape index (κ3) is 5.25. The van der Waals surface area contributed by atoms with Gasteiger partial charge in [-0.3, -0.25) is 5.32 Å².